The number of pyridine rings is 1. The summed E-state index contributed by atoms with van der Waals surface area (Å²) in [5, 5.41) is 0. The molecule has 6 heteroatoms. The first-order chi connectivity index (χ1) is 11.8. The fourth-order valence-corrected chi connectivity index (χ4v) is 3.09. The Morgan fingerprint density at radius 3 is 2.32 bits per heavy atom. The summed E-state index contributed by atoms with van der Waals surface area (Å²) >= 11 is 0. The van der Waals surface area contributed by atoms with Crippen LogP contribution in [-0.2, 0) is 10.9 Å². The molecule has 2 heterocycles. The first kappa shape index (κ1) is 17.9. The number of morpholine rings is 1. The smallest absolute Gasteiger partial charge is 0.379 e. The molecule has 0 aliphatic carbocycles. The molecule has 0 radical (unpaired) electrons. The standard InChI is InChI=1S/C19H21F3N2O/c1-13-11-17(19(20,21)22)12-18(23-13)16-5-3-15(4-6-16)14(2)24-7-9-25-10-8-24/h3-6,11-12,14H,7-10H2,1-2H3. The molecule has 1 saturated heterocycles. The lowest BCUT2D eigenvalue weighted by Crippen LogP contribution is -2.37. The molecule has 1 aliphatic heterocycles. The molecule has 0 amide bonds. The molecule has 1 fully saturated rings. The van der Waals surface area contributed by atoms with Gasteiger partial charge in [0.25, 0.3) is 0 Å². The highest BCUT2D eigenvalue weighted by molar-refractivity contribution is 5.61. The number of hydrogen-bond acceptors (Lipinski definition) is 3. The second-order valence-electron chi connectivity index (χ2n) is 6.33. The molecule has 1 unspecified atom stereocenters. The van der Waals surface area contributed by atoms with Crippen LogP contribution in [0.1, 0.15) is 29.8 Å². The summed E-state index contributed by atoms with van der Waals surface area (Å²) in [4.78, 5) is 6.59. The van der Waals surface area contributed by atoms with Gasteiger partial charge in [-0.1, -0.05) is 24.3 Å². The minimum Gasteiger partial charge on any atom is -0.379 e. The van der Waals surface area contributed by atoms with Crippen LogP contribution < -0.4 is 0 Å². The van der Waals surface area contributed by atoms with Crippen LogP contribution in [0, 0.1) is 6.92 Å². The van der Waals surface area contributed by atoms with Crippen molar-refractivity contribution >= 4 is 0 Å². The minimum absolute atomic E-state index is 0.245. The maximum absolute atomic E-state index is 13.0. The van der Waals surface area contributed by atoms with Gasteiger partial charge in [-0.2, -0.15) is 13.2 Å². The van der Waals surface area contributed by atoms with Crippen LogP contribution >= 0.6 is 0 Å². The first-order valence-corrected chi connectivity index (χ1v) is 8.32. The van der Waals surface area contributed by atoms with Gasteiger partial charge in [0.2, 0.25) is 0 Å². The van der Waals surface area contributed by atoms with E-state index in [0.717, 1.165) is 44.0 Å². The van der Waals surface area contributed by atoms with Gasteiger partial charge in [0, 0.05) is 30.4 Å². The van der Waals surface area contributed by atoms with Crippen molar-refractivity contribution in [2.75, 3.05) is 26.3 Å². The Morgan fingerprint density at radius 2 is 1.72 bits per heavy atom. The Kier molecular flexibility index (Phi) is 5.11. The number of rotatable bonds is 3. The maximum atomic E-state index is 13.0. The SMILES string of the molecule is Cc1cc(C(F)(F)F)cc(-c2ccc(C(C)N3CCOCC3)cc2)n1. The first-order valence-electron chi connectivity index (χ1n) is 8.32. The molecule has 3 nitrogen and oxygen atoms in total. The highest BCUT2D eigenvalue weighted by Crippen LogP contribution is 2.32. The molecule has 1 atom stereocenters. The minimum atomic E-state index is -4.37. The summed E-state index contributed by atoms with van der Waals surface area (Å²) < 4.78 is 44.4. The molecule has 25 heavy (non-hydrogen) atoms. The van der Waals surface area contributed by atoms with Crippen LogP contribution in [0.15, 0.2) is 36.4 Å². The summed E-state index contributed by atoms with van der Waals surface area (Å²) in [5.74, 6) is 0. The summed E-state index contributed by atoms with van der Waals surface area (Å²) in [6.45, 7) is 6.95. The third-order valence-corrected chi connectivity index (χ3v) is 4.56. The second kappa shape index (κ2) is 7.14. The second-order valence-corrected chi connectivity index (χ2v) is 6.33. The van der Waals surface area contributed by atoms with Crippen molar-refractivity contribution in [3.63, 3.8) is 0 Å². The van der Waals surface area contributed by atoms with Crippen molar-refractivity contribution in [3.05, 3.63) is 53.2 Å². The molecule has 134 valence electrons. The van der Waals surface area contributed by atoms with Crippen LogP contribution in [0.2, 0.25) is 0 Å². The highest BCUT2D eigenvalue weighted by Gasteiger charge is 2.31. The van der Waals surface area contributed by atoms with Gasteiger partial charge < -0.3 is 4.74 Å². The Balaban J connectivity index is 1.84. The number of aromatic nitrogens is 1. The summed E-state index contributed by atoms with van der Waals surface area (Å²) in [5.41, 5.74) is 1.86. The molecule has 0 saturated carbocycles. The van der Waals surface area contributed by atoms with E-state index >= 15 is 0 Å². The largest absolute Gasteiger partial charge is 0.416 e. The quantitative estimate of drug-likeness (QED) is 0.817. The summed E-state index contributed by atoms with van der Waals surface area (Å²) in [7, 11) is 0. The number of nitrogens with zero attached hydrogens (tertiary/aromatic N) is 2. The number of hydrogen-bond donors (Lipinski definition) is 0. The van der Waals surface area contributed by atoms with Gasteiger partial charge >= 0.3 is 6.18 Å². The summed E-state index contributed by atoms with van der Waals surface area (Å²) in [6.07, 6.45) is -4.37. The lowest BCUT2D eigenvalue weighted by Gasteiger charge is -2.32. The zero-order chi connectivity index (χ0) is 18.0. The van der Waals surface area contributed by atoms with Crippen LogP contribution in [0.25, 0.3) is 11.3 Å². The van der Waals surface area contributed by atoms with Crippen molar-refractivity contribution in [1.82, 2.24) is 9.88 Å². The zero-order valence-electron chi connectivity index (χ0n) is 14.3. The number of alkyl halides is 3. The van der Waals surface area contributed by atoms with E-state index in [1.807, 2.05) is 24.3 Å². The molecule has 0 spiro atoms. The molecule has 0 N–H and O–H groups in total. The van der Waals surface area contributed by atoms with Gasteiger partial charge in [-0.15, -0.1) is 0 Å². The molecule has 0 bridgehead atoms. The number of aryl methyl sites for hydroxylation is 1. The van der Waals surface area contributed by atoms with Crippen molar-refractivity contribution in [2.24, 2.45) is 0 Å². The van der Waals surface area contributed by atoms with Gasteiger partial charge in [-0.25, -0.2) is 0 Å². The topological polar surface area (TPSA) is 25.4 Å². The van der Waals surface area contributed by atoms with Gasteiger partial charge in [-0.05, 0) is 31.5 Å². The number of halogens is 3. The average molecular weight is 350 g/mol. The molecule has 3 rings (SSSR count). The van der Waals surface area contributed by atoms with Gasteiger partial charge in [0.05, 0.1) is 24.5 Å². The van der Waals surface area contributed by atoms with E-state index in [4.69, 9.17) is 4.74 Å². The fraction of sp³-hybridized carbons (Fsp3) is 0.421. The van der Waals surface area contributed by atoms with Gasteiger partial charge in [-0.3, -0.25) is 9.88 Å². The number of ether oxygens (including phenoxy) is 1. The van der Waals surface area contributed by atoms with Crippen molar-refractivity contribution < 1.29 is 17.9 Å². The van der Waals surface area contributed by atoms with Crippen molar-refractivity contribution in [3.8, 4) is 11.3 Å². The molecular formula is C19H21F3N2O. The van der Waals surface area contributed by atoms with Crippen LogP contribution in [0.4, 0.5) is 13.2 Å². The van der Waals surface area contributed by atoms with E-state index in [-0.39, 0.29) is 6.04 Å². The fourth-order valence-electron chi connectivity index (χ4n) is 3.09. The van der Waals surface area contributed by atoms with Crippen LogP contribution in [0.3, 0.4) is 0 Å². The predicted molar refractivity (Wildman–Crippen MR) is 90.2 cm³/mol. The van der Waals surface area contributed by atoms with E-state index in [2.05, 4.69) is 16.8 Å². The Morgan fingerprint density at radius 1 is 1.08 bits per heavy atom. The third-order valence-electron chi connectivity index (χ3n) is 4.56. The lowest BCUT2D eigenvalue weighted by atomic mass is 10.0. The maximum Gasteiger partial charge on any atom is 0.416 e. The van der Waals surface area contributed by atoms with E-state index in [1.54, 1.807) is 6.92 Å². The lowest BCUT2D eigenvalue weighted by molar-refractivity contribution is -0.137. The molecule has 2 aromatic rings. The van der Waals surface area contributed by atoms with Crippen molar-refractivity contribution in [2.45, 2.75) is 26.1 Å². The van der Waals surface area contributed by atoms with E-state index in [1.165, 1.54) is 0 Å². The average Bonchev–Trinajstić information content (AvgIpc) is 2.61. The molecule has 1 aromatic carbocycles. The normalized spacial score (nSPS) is 17.5. The van der Waals surface area contributed by atoms with Gasteiger partial charge in [0.15, 0.2) is 0 Å². The van der Waals surface area contributed by atoms with E-state index in [0.29, 0.717) is 17.0 Å². The van der Waals surface area contributed by atoms with Gasteiger partial charge in [0.1, 0.15) is 0 Å². The van der Waals surface area contributed by atoms with Crippen molar-refractivity contribution in [1.29, 1.82) is 0 Å². The Labute approximate surface area is 145 Å². The van der Waals surface area contributed by atoms with Crippen LogP contribution in [-0.4, -0.2) is 36.2 Å². The Bertz CT molecular complexity index is 722. The number of benzene rings is 1. The monoisotopic (exact) mass is 350 g/mol. The Hall–Kier alpha value is -1.92. The van der Waals surface area contributed by atoms with E-state index in [9.17, 15) is 13.2 Å². The third kappa shape index (κ3) is 4.19. The predicted octanol–water partition coefficient (Wildman–Crippen LogP) is 4.47. The molecule has 1 aliphatic rings. The molecular weight excluding hydrogens is 329 g/mol. The highest BCUT2D eigenvalue weighted by atomic mass is 19.4. The van der Waals surface area contributed by atoms with E-state index < -0.39 is 11.7 Å². The zero-order valence-corrected chi connectivity index (χ0v) is 14.3. The molecule has 1 aromatic heterocycles. The van der Waals surface area contributed by atoms with Crippen LogP contribution in [0.5, 0.6) is 0 Å². The summed E-state index contributed by atoms with van der Waals surface area (Å²) in [6, 6.07) is 10.0.